The molecule has 1 amide bonds. The van der Waals surface area contributed by atoms with Gasteiger partial charge in [-0.2, -0.15) is 0 Å². The van der Waals surface area contributed by atoms with Gasteiger partial charge in [-0.15, -0.1) is 0 Å². The fourth-order valence-electron chi connectivity index (χ4n) is 4.20. The molecule has 0 radical (unpaired) electrons. The first kappa shape index (κ1) is 25.4. The molecule has 1 heterocycles. The number of imidazole rings is 1. The largest absolute Gasteiger partial charge is 0.466 e. The average Bonchev–Trinajstić information content (AvgIpc) is 3.38. The second-order valence-corrected chi connectivity index (χ2v) is 8.97. The number of esters is 1. The Labute approximate surface area is 214 Å². The lowest BCUT2D eigenvalue weighted by molar-refractivity contribution is -0.149. The Hall–Kier alpha value is -3.68. The first-order valence-electron chi connectivity index (χ1n) is 11.8. The Bertz CT molecular complexity index is 1320. The van der Waals surface area contributed by atoms with Gasteiger partial charge in [0, 0.05) is 11.6 Å². The van der Waals surface area contributed by atoms with Gasteiger partial charge in [-0.1, -0.05) is 66.2 Å². The number of H-pyrrole nitrogens is 1. The predicted molar refractivity (Wildman–Crippen MR) is 140 cm³/mol. The number of hydrogen-bond acceptors (Lipinski definition) is 5. The fourth-order valence-corrected chi connectivity index (χ4v) is 4.47. The molecule has 4 aromatic rings. The van der Waals surface area contributed by atoms with Crippen LogP contribution < -0.4 is 5.32 Å². The Kier molecular flexibility index (Phi) is 8.36. The maximum atomic E-state index is 13.2. The second-order valence-electron chi connectivity index (χ2n) is 8.56. The van der Waals surface area contributed by atoms with E-state index in [1.54, 1.807) is 19.1 Å². The standard InChI is InChI=1S/C28H28ClN3O4/c1-2-36-28(35)22(16-33)13-23(12-18-8-10-20(11-9-18)19-6-4-3-5-7-19)32-27(34)21-14-24(29)26-25(15-21)30-17-31-26/h3-11,14-15,17,22-23,33H,2,12-13,16H2,1H3,(H,30,31)(H,32,34)/t22?,23-/m0/s1. The van der Waals surface area contributed by atoms with Crippen LogP contribution in [0.25, 0.3) is 22.2 Å². The molecule has 4 rings (SSSR count). The van der Waals surface area contributed by atoms with Crippen molar-refractivity contribution in [3.8, 4) is 11.1 Å². The van der Waals surface area contributed by atoms with E-state index in [-0.39, 0.29) is 25.5 Å². The number of benzene rings is 3. The Balaban J connectivity index is 1.55. The van der Waals surface area contributed by atoms with Gasteiger partial charge in [0.05, 0.1) is 36.0 Å². The number of nitrogens with zero attached hydrogens (tertiary/aromatic N) is 1. The van der Waals surface area contributed by atoms with Gasteiger partial charge in [0.2, 0.25) is 0 Å². The third-order valence-electron chi connectivity index (χ3n) is 6.03. The Morgan fingerprint density at radius 2 is 1.81 bits per heavy atom. The highest BCUT2D eigenvalue weighted by Gasteiger charge is 2.26. The monoisotopic (exact) mass is 505 g/mol. The molecule has 0 aliphatic carbocycles. The zero-order valence-corrected chi connectivity index (χ0v) is 20.7. The SMILES string of the molecule is CCOC(=O)C(CO)C[C@H](Cc1ccc(-c2ccccc2)cc1)NC(=O)c1cc(Cl)c2nc[nH]c2c1. The number of aliphatic hydroxyl groups excluding tert-OH is 1. The quantitative estimate of drug-likeness (QED) is 0.269. The average molecular weight is 506 g/mol. The number of nitrogens with one attached hydrogen (secondary N) is 2. The lowest BCUT2D eigenvalue weighted by Gasteiger charge is -2.23. The van der Waals surface area contributed by atoms with Crippen molar-refractivity contribution in [3.05, 3.63) is 89.2 Å². The number of carbonyl (C=O) groups excluding carboxylic acids is 2. The number of rotatable bonds is 10. The number of aromatic nitrogens is 2. The first-order valence-corrected chi connectivity index (χ1v) is 12.2. The summed E-state index contributed by atoms with van der Waals surface area (Å²) in [4.78, 5) is 32.7. The summed E-state index contributed by atoms with van der Waals surface area (Å²) in [6.45, 7) is 1.56. The van der Waals surface area contributed by atoms with Gasteiger partial charge in [-0.3, -0.25) is 9.59 Å². The van der Waals surface area contributed by atoms with Crippen LogP contribution in [-0.2, 0) is 16.0 Å². The number of aromatic amines is 1. The summed E-state index contributed by atoms with van der Waals surface area (Å²) >= 11 is 6.31. The normalized spacial score (nSPS) is 12.8. The van der Waals surface area contributed by atoms with Gasteiger partial charge in [0.1, 0.15) is 5.52 Å². The summed E-state index contributed by atoms with van der Waals surface area (Å²) < 4.78 is 5.12. The van der Waals surface area contributed by atoms with Gasteiger partial charge in [-0.25, -0.2) is 4.98 Å². The highest BCUT2D eigenvalue weighted by atomic mass is 35.5. The molecule has 0 saturated carbocycles. The van der Waals surface area contributed by atoms with E-state index in [9.17, 15) is 14.7 Å². The van der Waals surface area contributed by atoms with Crippen LogP contribution in [-0.4, -0.2) is 46.2 Å². The summed E-state index contributed by atoms with van der Waals surface area (Å²) in [6.07, 6.45) is 2.21. The van der Waals surface area contributed by atoms with Crippen molar-refractivity contribution in [1.82, 2.24) is 15.3 Å². The van der Waals surface area contributed by atoms with Crippen LogP contribution in [0.15, 0.2) is 73.1 Å². The van der Waals surface area contributed by atoms with Crippen LogP contribution in [0.5, 0.6) is 0 Å². The van der Waals surface area contributed by atoms with Crippen molar-refractivity contribution >= 4 is 34.5 Å². The number of carbonyl (C=O) groups is 2. The lowest BCUT2D eigenvalue weighted by Crippen LogP contribution is -2.40. The van der Waals surface area contributed by atoms with Crippen LogP contribution in [0, 0.1) is 5.92 Å². The number of aliphatic hydroxyl groups is 1. The molecule has 0 fully saturated rings. The van der Waals surface area contributed by atoms with Gasteiger partial charge in [0.25, 0.3) is 5.91 Å². The minimum Gasteiger partial charge on any atom is -0.466 e. The minimum atomic E-state index is -0.752. The molecule has 0 aliphatic heterocycles. The second kappa shape index (κ2) is 11.8. The molecule has 3 N–H and O–H groups in total. The lowest BCUT2D eigenvalue weighted by atomic mass is 9.94. The van der Waals surface area contributed by atoms with Crippen molar-refractivity contribution in [2.75, 3.05) is 13.2 Å². The summed E-state index contributed by atoms with van der Waals surface area (Å²) in [5.41, 5.74) is 4.80. The van der Waals surface area contributed by atoms with Crippen LogP contribution in [0.1, 0.15) is 29.3 Å². The number of halogens is 1. The van der Waals surface area contributed by atoms with E-state index < -0.39 is 17.9 Å². The molecular weight excluding hydrogens is 478 g/mol. The summed E-state index contributed by atoms with van der Waals surface area (Å²) in [7, 11) is 0. The van der Waals surface area contributed by atoms with Crippen LogP contribution in [0.2, 0.25) is 5.02 Å². The molecule has 3 aromatic carbocycles. The van der Waals surface area contributed by atoms with Crippen LogP contribution in [0.4, 0.5) is 0 Å². The first-order chi connectivity index (χ1) is 17.5. The Morgan fingerprint density at radius 1 is 1.08 bits per heavy atom. The molecular formula is C28H28ClN3O4. The molecule has 1 aromatic heterocycles. The summed E-state index contributed by atoms with van der Waals surface area (Å²) in [5, 5.41) is 13.2. The number of fused-ring (bicyclic) bond motifs is 1. The molecule has 0 spiro atoms. The number of amides is 1. The topological polar surface area (TPSA) is 104 Å². The molecule has 186 valence electrons. The predicted octanol–water partition coefficient (Wildman–Crippen LogP) is 4.79. The molecule has 0 aliphatic rings. The van der Waals surface area contributed by atoms with Crippen molar-refractivity contribution in [3.63, 3.8) is 0 Å². The van der Waals surface area contributed by atoms with E-state index in [1.807, 2.05) is 54.6 Å². The molecule has 1 unspecified atom stereocenters. The number of ether oxygens (including phenoxy) is 1. The highest BCUT2D eigenvalue weighted by Crippen LogP contribution is 2.24. The van der Waals surface area contributed by atoms with Crippen molar-refractivity contribution in [2.45, 2.75) is 25.8 Å². The van der Waals surface area contributed by atoms with E-state index in [0.717, 1.165) is 16.7 Å². The van der Waals surface area contributed by atoms with Crippen molar-refractivity contribution < 1.29 is 19.4 Å². The van der Waals surface area contributed by atoms with Crippen LogP contribution >= 0.6 is 11.6 Å². The Morgan fingerprint density at radius 3 is 2.50 bits per heavy atom. The third-order valence-corrected chi connectivity index (χ3v) is 6.32. The van der Waals surface area contributed by atoms with Gasteiger partial charge < -0.3 is 20.1 Å². The van der Waals surface area contributed by atoms with Crippen molar-refractivity contribution in [2.24, 2.45) is 5.92 Å². The zero-order chi connectivity index (χ0) is 25.5. The van der Waals surface area contributed by atoms with Gasteiger partial charge in [-0.05, 0) is 48.6 Å². The van der Waals surface area contributed by atoms with E-state index in [2.05, 4.69) is 15.3 Å². The minimum absolute atomic E-state index is 0.218. The van der Waals surface area contributed by atoms with E-state index >= 15 is 0 Å². The third kappa shape index (κ3) is 6.11. The molecule has 0 saturated heterocycles. The molecule has 7 nitrogen and oxygen atoms in total. The zero-order valence-electron chi connectivity index (χ0n) is 19.9. The van der Waals surface area contributed by atoms with Crippen molar-refractivity contribution in [1.29, 1.82) is 0 Å². The molecule has 2 atom stereocenters. The fraction of sp³-hybridized carbons (Fsp3) is 0.250. The summed E-state index contributed by atoms with van der Waals surface area (Å²) in [5.74, 6) is -1.57. The van der Waals surface area contributed by atoms with E-state index in [0.29, 0.717) is 28.0 Å². The van der Waals surface area contributed by atoms with E-state index in [4.69, 9.17) is 16.3 Å². The van der Waals surface area contributed by atoms with Crippen LogP contribution in [0.3, 0.4) is 0 Å². The highest BCUT2D eigenvalue weighted by molar-refractivity contribution is 6.35. The number of hydrogen-bond donors (Lipinski definition) is 3. The molecule has 36 heavy (non-hydrogen) atoms. The maximum absolute atomic E-state index is 13.2. The smallest absolute Gasteiger partial charge is 0.311 e. The van der Waals surface area contributed by atoms with Gasteiger partial charge >= 0.3 is 5.97 Å². The maximum Gasteiger partial charge on any atom is 0.311 e. The summed E-state index contributed by atoms with van der Waals surface area (Å²) in [6, 6.07) is 21.0. The molecule has 8 heteroatoms. The van der Waals surface area contributed by atoms with E-state index in [1.165, 1.54) is 6.33 Å². The molecule has 0 bridgehead atoms. The van der Waals surface area contributed by atoms with Gasteiger partial charge in [0.15, 0.2) is 0 Å².